The van der Waals surface area contributed by atoms with E-state index in [-0.39, 0.29) is 23.0 Å². The van der Waals surface area contributed by atoms with Crippen LogP contribution in [-0.2, 0) is 16.0 Å². The van der Waals surface area contributed by atoms with Gasteiger partial charge in [-0.05, 0) is 29.8 Å². The van der Waals surface area contributed by atoms with E-state index in [1.54, 1.807) is 42.5 Å². The van der Waals surface area contributed by atoms with Gasteiger partial charge in [-0.3, -0.25) is 24.3 Å². The Hall–Kier alpha value is -3.78. The molecule has 0 spiro atoms. The van der Waals surface area contributed by atoms with E-state index in [0.717, 1.165) is 21.9 Å². The number of benzene rings is 3. The lowest BCUT2D eigenvalue weighted by Crippen LogP contribution is -2.33. The van der Waals surface area contributed by atoms with Gasteiger partial charge in [-0.2, -0.15) is 0 Å². The first kappa shape index (κ1) is 21.5. The first-order chi connectivity index (χ1) is 15.5. The molecule has 0 saturated heterocycles. The Morgan fingerprint density at radius 1 is 0.906 bits per heavy atom. The van der Waals surface area contributed by atoms with Crippen molar-refractivity contribution in [2.75, 3.05) is 5.75 Å². The normalized spacial score (nSPS) is 10.8. The molecule has 32 heavy (non-hydrogen) atoms. The number of hydrogen-bond donors (Lipinski definition) is 1. The number of amides is 2. The Morgan fingerprint density at radius 3 is 2.38 bits per heavy atom. The summed E-state index contributed by atoms with van der Waals surface area (Å²) in [6.07, 6.45) is 0.0748. The van der Waals surface area contributed by atoms with E-state index < -0.39 is 23.2 Å². The minimum absolute atomic E-state index is 0.0406. The molecule has 0 aliphatic carbocycles. The largest absolute Gasteiger partial charge is 0.295 e. The van der Waals surface area contributed by atoms with Crippen LogP contribution in [0.3, 0.4) is 0 Å². The number of nitrogens with zero attached hydrogens (tertiary/aromatic N) is 2. The summed E-state index contributed by atoms with van der Waals surface area (Å²) in [5, 5.41) is 2.83. The van der Waals surface area contributed by atoms with Crippen molar-refractivity contribution in [3.63, 3.8) is 0 Å². The van der Waals surface area contributed by atoms with Crippen LogP contribution in [-0.4, -0.2) is 27.1 Å². The van der Waals surface area contributed by atoms with Gasteiger partial charge in [0.25, 0.3) is 5.56 Å². The maximum absolute atomic E-state index is 14.5. The van der Waals surface area contributed by atoms with Gasteiger partial charge in [0.1, 0.15) is 5.82 Å². The maximum atomic E-state index is 14.5. The second-order valence-electron chi connectivity index (χ2n) is 6.93. The molecule has 0 bridgehead atoms. The topological polar surface area (TPSA) is 81.1 Å². The summed E-state index contributed by atoms with van der Waals surface area (Å²) in [6.45, 7) is 0. The van der Waals surface area contributed by atoms with Crippen LogP contribution >= 0.6 is 11.8 Å². The number of hydrogen-bond acceptors (Lipinski definition) is 5. The lowest BCUT2D eigenvalue weighted by Gasteiger charge is -2.13. The summed E-state index contributed by atoms with van der Waals surface area (Å²) < 4.78 is 15.6. The molecule has 0 aliphatic heterocycles. The molecule has 0 saturated carbocycles. The van der Waals surface area contributed by atoms with E-state index >= 15 is 0 Å². The van der Waals surface area contributed by atoms with Gasteiger partial charge in [-0.25, -0.2) is 9.37 Å². The number of carbonyl (C=O) groups is 2. The number of thioether (sulfide) groups is 1. The van der Waals surface area contributed by atoms with Crippen LogP contribution in [0.1, 0.15) is 5.56 Å². The van der Waals surface area contributed by atoms with Gasteiger partial charge >= 0.3 is 0 Å². The summed E-state index contributed by atoms with van der Waals surface area (Å²) in [7, 11) is 0. The molecule has 1 aromatic heterocycles. The number of para-hydroxylation sites is 2. The second-order valence-corrected chi connectivity index (χ2v) is 7.87. The molecule has 8 heteroatoms. The standard InChI is InChI=1S/C24H18FN3O3S/c25-18-11-5-7-13-20(18)28-23(31)17-10-4-6-12-19(17)26-24(28)32-15-22(30)27-21(29)14-16-8-2-1-3-9-16/h1-13H,14-15H2,(H,27,29,30). The Morgan fingerprint density at radius 2 is 1.59 bits per heavy atom. The molecule has 4 rings (SSSR count). The number of aromatic nitrogens is 2. The van der Waals surface area contributed by atoms with E-state index in [1.807, 2.05) is 18.2 Å². The van der Waals surface area contributed by atoms with Crippen molar-refractivity contribution in [3.8, 4) is 5.69 Å². The second kappa shape index (κ2) is 9.57. The van der Waals surface area contributed by atoms with E-state index in [2.05, 4.69) is 10.3 Å². The average Bonchev–Trinajstić information content (AvgIpc) is 2.79. The highest BCUT2D eigenvalue weighted by molar-refractivity contribution is 7.99. The number of halogens is 1. The van der Waals surface area contributed by atoms with Crippen molar-refractivity contribution in [2.24, 2.45) is 0 Å². The van der Waals surface area contributed by atoms with Gasteiger partial charge in [-0.15, -0.1) is 0 Å². The van der Waals surface area contributed by atoms with Gasteiger partial charge in [0.05, 0.1) is 28.8 Å². The van der Waals surface area contributed by atoms with E-state index in [4.69, 9.17) is 0 Å². The van der Waals surface area contributed by atoms with Gasteiger partial charge in [0, 0.05) is 0 Å². The van der Waals surface area contributed by atoms with Crippen molar-refractivity contribution >= 4 is 34.5 Å². The third-order valence-corrected chi connectivity index (χ3v) is 5.60. The third-order valence-electron chi connectivity index (χ3n) is 4.66. The third kappa shape index (κ3) is 4.76. The van der Waals surface area contributed by atoms with Crippen LogP contribution in [0.15, 0.2) is 88.8 Å². The van der Waals surface area contributed by atoms with Gasteiger partial charge < -0.3 is 0 Å². The molecular formula is C24H18FN3O3S. The van der Waals surface area contributed by atoms with Crippen LogP contribution in [0.5, 0.6) is 0 Å². The molecule has 0 fully saturated rings. The van der Waals surface area contributed by atoms with E-state index in [1.165, 1.54) is 18.2 Å². The van der Waals surface area contributed by atoms with Crippen LogP contribution in [0, 0.1) is 5.82 Å². The highest BCUT2D eigenvalue weighted by Crippen LogP contribution is 2.22. The van der Waals surface area contributed by atoms with Crippen molar-refractivity contribution < 1.29 is 14.0 Å². The van der Waals surface area contributed by atoms with Crippen LogP contribution in [0.25, 0.3) is 16.6 Å². The summed E-state index contributed by atoms with van der Waals surface area (Å²) in [6, 6.07) is 21.7. The molecule has 160 valence electrons. The fraction of sp³-hybridized carbons (Fsp3) is 0.0833. The zero-order chi connectivity index (χ0) is 22.5. The van der Waals surface area contributed by atoms with Crippen LogP contribution < -0.4 is 10.9 Å². The summed E-state index contributed by atoms with van der Waals surface area (Å²) in [4.78, 5) is 42.1. The summed E-state index contributed by atoms with van der Waals surface area (Å²) in [5.41, 5.74) is 0.825. The summed E-state index contributed by atoms with van der Waals surface area (Å²) >= 11 is 0.957. The van der Waals surface area contributed by atoms with Gasteiger partial charge in [-0.1, -0.05) is 66.4 Å². The maximum Gasteiger partial charge on any atom is 0.266 e. The number of rotatable bonds is 6. The van der Waals surface area contributed by atoms with Gasteiger partial charge in [0.2, 0.25) is 11.8 Å². The molecule has 1 heterocycles. The zero-order valence-electron chi connectivity index (χ0n) is 16.8. The number of nitrogens with one attached hydrogen (secondary N) is 1. The lowest BCUT2D eigenvalue weighted by atomic mass is 10.1. The van der Waals surface area contributed by atoms with Crippen molar-refractivity contribution in [1.29, 1.82) is 0 Å². The fourth-order valence-electron chi connectivity index (χ4n) is 3.20. The molecule has 4 aromatic rings. The van der Waals surface area contributed by atoms with Crippen molar-refractivity contribution in [1.82, 2.24) is 14.9 Å². The molecule has 1 N–H and O–H groups in total. The summed E-state index contributed by atoms with van der Waals surface area (Å²) in [5.74, 6) is -1.71. The highest BCUT2D eigenvalue weighted by atomic mass is 32.2. The quantitative estimate of drug-likeness (QED) is 0.361. The molecule has 2 amide bonds. The zero-order valence-corrected chi connectivity index (χ0v) is 17.6. The van der Waals surface area contributed by atoms with Crippen molar-refractivity contribution in [3.05, 3.63) is 101 Å². The SMILES string of the molecule is O=C(CSc1nc2ccccc2c(=O)n1-c1ccccc1F)NC(=O)Cc1ccccc1. The van der Waals surface area contributed by atoms with Crippen LogP contribution in [0.4, 0.5) is 4.39 Å². The average molecular weight is 447 g/mol. The number of carbonyl (C=O) groups excluding carboxylic acids is 2. The fourth-order valence-corrected chi connectivity index (χ4v) is 4.01. The predicted molar refractivity (Wildman–Crippen MR) is 121 cm³/mol. The van der Waals surface area contributed by atoms with Crippen LogP contribution in [0.2, 0.25) is 0 Å². The van der Waals surface area contributed by atoms with E-state index in [9.17, 15) is 18.8 Å². The Kier molecular flexibility index (Phi) is 6.42. The smallest absolute Gasteiger partial charge is 0.266 e. The molecular weight excluding hydrogens is 429 g/mol. The highest BCUT2D eigenvalue weighted by Gasteiger charge is 2.17. The number of imide groups is 1. The van der Waals surface area contributed by atoms with E-state index in [0.29, 0.717) is 10.9 Å². The first-order valence-electron chi connectivity index (χ1n) is 9.79. The Bertz CT molecular complexity index is 1360. The van der Waals surface area contributed by atoms with Gasteiger partial charge in [0.15, 0.2) is 5.16 Å². The molecule has 6 nitrogen and oxygen atoms in total. The molecule has 0 aliphatic rings. The Labute approximate surface area is 187 Å². The molecule has 0 atom stereocenters. The molecule has 0 unspecified atom stereocenters. The minimum Gasteiger partial charge on any atom is -0.295 e. The lowest BCUT2D eigenvalue weighted by molar-refractivity contribution is -0.128. The Balaban J connectivity index is 1.58. The molecule has 0 radical (unpaired) electrons. The molecule has 3 aromatic carbocycles. The predicted octanol–water partition coefficient (Wildman–Crippen LogP) is 3.50. The first-order valence-corrected chi connectivity index (χ1v) is 10.8. The number of fused-ring (bicyclic) bond motifs is 1. The monoisotopic (exact) mass is 447 g/mol. The minimum atomic E-state index is -0.587. The van der Waals surface area contributed by atoms with Crippen molar-refractivity contribution in [2.45, 2.75) is 11.6 Å².